The molecular weight excluding hydrogens is 362 g/mol. The Morgan fingerprint density at radius 2 is 2.04 bits per heavy atom. The highest BCUT2D eigenvalue weighted by molar-refractivity contribution is 7.15. The van der Waals surface area contributed by atoms with Crippen LogP contribution in [0.4, 0.5) is 0 Å². The van der Waals surface area contributed by atoms with Crippen LogP contribution in [0, 0.1) is 5.92 Å². The fourth-order valence-corrected chi connectivity index (χ4v) is 4.67. The van der Waals surface area contributed by atoms with Crippen LogP contribution in [0.25, 0.3) is 4.96 Å². The second-order valence-electron chi connectivity index (χ2n) is 7.77. The third-order valence-electron chi connectivity index (χ3n) is 5.55. The van der Waals surface area contributed by atoms with Crippen molar-refractivity contribution < 1.29 is 9.59 Å². The van der Waals surface area contributed by atoms with Gasteiger partial charge in [-0.2, -0.15) is 0 Å². The van der Waals surface area contributed by atoms with Crippen molar-refractivity contribution in [2.24, 2.45) is 5.92 Å². The first kappa shape index (κ1) is 18.4. The molecule has 0 aromatic carbocycles. The van der Waals surface area contributed by atoms with Gasteiger partial charge in [0.25, 0.3) is 0 Å². The molecule has 3 heterocycles. The van der Waals surface area contributed by atoms with E-state index in [2.05, 4.69) is 20.5 Å². The van der Waals surface area contributed by atoms with Crippen LogP contribution >= 0.6 is 11.3 Å². The zero-order valence-corrected chi connectivity index (χ0v) is 16.5. The number of hydrogen-bond donors (Lipinski definition) is 2. The summed E-state index contributed by atoms with van der Waals surface area (Å²) in [7, 11) is 0. The highest BCUT2D eigenvalue weighted by Gasteiger charge is 2.37. The summed E-state index contributed by atoms with van der Waals surface area (Å²) in [6.45, 7) is 3.77. The van der Waals surface area contributed by atoms with Gasteiger partial charge in [0.15, 0.2) is 4.96 Å². The quantitative estimate of drug-likeness (QED) is 0.721. The highest BCUT2D eigenvalue weighted by atomic mass is 32.1. The van der Waals surface area contributed by atoms with Crippen molar-refractivity contribution in [1.29, 1.82) is 0 Å². The molecule has 0 spiro atoms. The Labute approximate surface area is 163 Å². The molecule has 2 aromatic heterocycles. The van der Waals surface area contributed by atoms with E-state index < -0.39 is 0 Å². The normalized spacial score (nSPS) is 23.0. The van der Waals surface area contributed by atoms with Gasteiger partial charge in [-0.15, -0.1) is 11.3 Å². The highest BCUT2D eigenvalue weighted by Crippen LogP contribution is 2.35. The van der Waals surface area contributed by atoms with E-state index in [0.29, 0.717) is 25.6 Å². The van der Waals surface area contributed by atoms with E-state index in [9.17, 15) is 9.59 Å². The summed E-state index contributed by atoms with van der Waals surface area (Å²) in [5.41, 5.74) is 0.889. The van der Waals surface area contributed by atoms with Crippen LogP contribution < -0.4 is 10.6 Å². The predicted molar refractivity (Wildman–Crippen MR) is 104 cm³/mol. The number of imidazole rings is 1. The fraction of sp³-hybridized carbons (Fsp3) is 0.632. The number of thiazole rings is 1. The minimum Gasteiger partial charge on any atom is -0.355 e. The second-order valence-corrected chi connectivity index (χ2v) is 8.64. The number of hydrogen-bond acceptors (Lipinski definition) is 5. The van der Waals surface area contributed by atoms with Gasteiger partial charge in [-0.3, -0.25) is 18.9 Å². The van der Waals surface area contributed by atoms with Gasteiger partial charge in [-0.25, -0.2) is 4.98 Å². The molecule has 2 amide bonds. The topological polar surface area (TPSA) is 78.7 Å². The number of aromatic nitrogens is 2. The van der Waals surface area contributed by atoms with E-state index in [1.54, 1.807) is 18.3 Å². The first-order valence-electron chi connectivity index (χ1n) is 9.76. The summed E-state index contributed by atoms with van der Waals surface area (Å²) in [6, 6.07) is 0.627. The Morgan fingerprint density at radius 1 is 1.22 bits per heavy atom. The summed E-state index contributed by atoms with van der Waals surface area (Å²) in [6.07, 6.45) is 9.10. The van der Waals surface area contributed by atoms with E-state index >= 15 is 0 Å². The predicted octanol–water partition coefficient (Wildman–Crippen LogP) is 1.78. The molecule has 8 heteroatoms. The van der Waals surface area contributed by atoms with Crippen molar-refractivity contribution in [2.45, 2.75) is 57.7 Å². The lowest BCUT2D eigenvalue weighted by Crippen LogP contribution is -2.45. The van der Waals surface area contributed by atoms with Gasteiger partial charge >= 0.3 is 0 Å². The average Bonchev–Trinajstić information content (AvgIpc) is 3.02. The average molecular weight is 390 g/mol. The molecule has 4 rings (SSSR count). The van der Waals surface area contributed by atoms with Crippen LogP contribution in [0.15, 0.2) is 17.8 Å². The maximum absolute atomic E-state index is 12.5. The van der Waals surface area contributed by atoms with Crippen LogP contribution in [-0.2, 0) is 16.1 Å². The van der Waals surface area contributed by atoms with Crippen molar-refractivity contribution in [1.82, 2.24) is 24.9 Å². The Morgan fingerprint density at radius 3 is 2.78 bits per heavy atom. The maximum Gasteiger partial charge on any atom is 0.221 e. The molecule has 27 heavy (non-hydrogen) atoms. The standard InChI is InChI=1S/C19H27N5O2S/c1-13(25)20-10-17-5-4-16(24(17)11-14-2-3-14)8-18(26)21-9-15-12-23-6-7-27-19(23)22-15/h6-7,12,14,16-17H,2-5,8-11H2,1H3,(H,20,25)(H,21,26)/t16-,17+/m0/s1. The van der Waals surface area contributed by atoms with E-state index in [4.69, 9.17) is 0 Å². The molecule has 146 valence electrons. The van der Waals surface area contributed by atoms with Crippen LogP contribution in [0.2, 0.25) is 0 Å². The minimum absolute atomic E-state index is 0.0162. The molecule has 0 bridgehead atoms. The van der Waals surface area contributed by atoms with Crippen LogP contribution in [0.3, 0.4) is 0 Å². The molecule has 1 saturated carbocycles. The summed E-state index contributed by atoms with van der Waals surface area (Å²) in [5, 5.41) is 7.97. The molecule has 0 radical (unpaired) electrons. The molecule has 1 saturated heterocycles. The van der Waals surface area contributed by atoms with E-state index in [-0.39, 0.29) is 17.9 Å². The van der Waals surface area contributed by atoms with E-state index in [1.165, 1.54) is 12.8 Å². The third-order valence-corrected chi connectivity index (χ3v) is 6.33. The molecule has 1 aliphatic carbocycles. The van der Waals surface area contributed by atoms with E-state index in [1.807, 2.05) is 22.2 Å². The number of carbonyl (C=O) groups excluding carboxylic acids is 2. The SMILES string of the molecule is CC(=O)NC[C@H]1CC[C@@H](CC(=O)NCc2cn3ccsc3n2)N1CC1CC1. The fourth-order valence-electron chi connectivity index (χ4n) is 3.95. The minimum atomic E-state index is 0.0162. The number of carbonyl (C=O) groups is 2. The summed E-state index contributed by atoms with van der Waals surface area (Å²) >= 11 is 1.59. The van der Waals surface area contributed by atoms with Crippen molar-refractivity contribution in [3.05, 3.63) is 23.5 Å². The van der Waals surface area contributed by atoms with Crippen molar-refractivity contribution >= 4 is 28.1 Å². The van der Waals surface area contributed by atoms with Gasteiger partial charge in [-0.05, 0) is 31.6 Å². The van der Waals surface area contributed by atoms with Crippen LogP contribution in [0.1, 0.15) is 44.7 Å². The van der Waals surface area contributed by atoms with Crippen LogP contribution in [0.5, 0.6) is 0 Å². The number of amides is 2. The number of fused-ring (bicyclic) bond motifs is 1. The molecule has 2 fully saturated rings. The molecule has 7 nitrogen and oxygen atoms in total. The zero-order chi connectivity index (χ0) is 18.8. The largest absolute Gasteiger partial charge is 0.355 e. The van der Waals surface area contributed by atoms with Gasteiger partial charge in [0.2, 0.25) is 11.8 Å². The number of nitrogens with one attached hydrogen (secondary N) is 2. The maximum atomic E-state index is 12.5. The van der Waals surface area contributed by atoms with Gasteiger partial charge < -0.3 is 10.6 Å². The van der Waals surface area contributed by atoms with Crippen molar-refractivity contribution in [3.8, 4) is 0 Å². The molecule has 2 N–H and O–H groups in total. The Bertz CT molecular complexity index is 783. The Hall–Kier alpha value is -1.93. The van der Waals surface area contributed by atoms with Gasteiger partial charge in [0, 0.05) is 56.3 Å². The smallest absolute Gasteiger partial charge is 0.221 e. The van der Waals surface area contributed by atoms with Crippen molar-refractivity contribution in [3.63, 3.8) is 0 Å². The second kappa shape index (κ2) is 7.98. The lowest BCUT2D eigenvalue weighted by atomic mass is 10.1. The molecule has 2 aliphatic rings. The Balaban J connectivity index is 1.30. The molecule has 0 unspecified atom stereocenters. The van der Waals surface area contributed by atoms with Crippen molar-refractivity contribution in [2.75, 3.05) is 13.1 Å². The Kier molecular flexibility index (Phi) is 5.45. The summed E-state index contributed by atoms with van der Waals surface area (Å²) in [4.78, 5) is 31.7. The number of rotatable bonds is 8. The third kappa shape index (κ3) is 4.68. The lowest BCUT2D eigenvalue weighted by molar-refractivity contribution is -0.122. The molecular formula is C19H27N5O2S. The molecule has 1 aliphatic heterocycles. The molecule has 2 atom stereocenters. The first-order chi connectivity index (χ1) is 13.1. The summed E-state index contributed by atoms with van der Waals surface area (Å²) < 4.78 is 1.98. The van der Waals surface area contributed by atoms with Gasteiger partial charge in [-0.1, -0.05) is 0 Å². The van der Waals surface area contributed by atoms with E-state index in [0.717, 1.165) is 36.0 Å². The lowest BCUT2D eigenvalue weighted by Gasteiger charge is -2.30. The number of likely N-dealkylation sites (tertiary alicyclic amines) is 1. The monoisotopic (exact) mass is 389 g/mol. The van der Waals surface area contributed by atoms with Gasteiger partial charge in [0.05, 0.1) is 12.2 Å². The zero-order valence-electron chi connectivity index (χ0n) is 15.7. The van der Waals surface area contributed by atoms with Crippen LogP contribution in [-0.4, -0.2) is 51.3 Å². The molecule has 2 aromatic rings. The van der Waals surface area contributed by atoms with Gasteiger partial charge in [0.1, 0.15) is 0 Å². The summed E-state index contributed by atoms with van der Waals surface area (Å²) in [5.74, 6) is 0.867. The first-order valence-corrected chi connectivity index (χ1v) is 10.6. The number of nitrogens with zero attached hydrogens (tertiary/aromatic N) is 3.